The number of carbonyl (C=O) groups is 1. The zero-order chi connectivity index (χ0) is 15.6. The monoisotopic (exact) mass is 321 g/mol. The molecule has 2 N–H and O–H groups in total. The minimum absolute atomic E-state index is 0.0422. The number of aromatic carboxylic acids is 1. The van der Waals surface area contributed by atoms with Gasteiger partial charge in [-0.2, -0.15) is 13.2 Å². The van der Waals surface area contributed by atoms with Gasteiger partial charge in [-0.3, -0.25) is 4.21 Å². The molecule has 0 atom stereocenters. The maximum atomic E-state index is 12.9. The largest absolute Gasteiger partial charge is 0.478 e. The lowest BCUT2D eigenvalue weighted by Gasteiger charge is -2.24. The summed E-state index contributed by atoms with van der Waals surface area (Å²) in [5.74, 6) is -0.560. The van der Waals surface area contributed by atoms with Gasteiger partial charge in [0.15, 0.2) is 0 Å². The third-order valence-electron chi connectivity index (χ3n) is 3.31. The topological polar surface area (TPSA) is 66.4 Å². The lowest BCUT2D eigenvalue weighted by Crippen LogP contribution is -2.29. The predicted octanol–water partition coefficient (Wildman–Crippen LogP) is 2.73. The Morgan fingerprint density at radius 3 is 2.43 bits per heavy atom. The van der Waals surface area contributed by atoms with Crippen LogP contribution in [-0.4, -0.2) is 32.8 Å². The first-order valence-corrected chi connectivity index (χ1v) is 7.82. The van der Waals surface area contributed by atoms with E-state index < -0.39 is 34.1 Å². The van der Waals surface area contributed by atoms with E-state index in [2.05, 4.69) is 5.32 Å². The smallest absolute Gasteiger partial charge is 0.417 e. The van der Waals surface area contributed by atoms with Crippen LogP contribution < -0.4 is 5.32 Å². The Morgan fingerprint density at radius 1 is 1.29 bits per heavy atom. The van der Waals surface area contributed by atoms with Crippen LogP contribution >= 0.6 is 0 Å². The first-order valence-electron chi connectivity index (χ1n) is 6.33. The number of benzene rings is 1. The number of halogens is 3. The molecule has 1 saturated heterocycles. The van der Waals surface area contributed by atoms with E-state index in [1.165, 1.54) is 6.07 Å². The van der Waals surface area contributed by atoms with Crippen molar-refractivity contribution < 1.29 is 27.3 Å². The van der Waals surface area contributed by atoms with Crippen LogP contribution in [0.2, 0.25) is 0 Å². The summed E-state index contributed by atoms with van der Waals surface area (Å²) in [6.07, 6.45) is -3.48. The lowest BCUT2D eigenvalue weighted by molar-refractivity contribution is -0.138. The Balaban J connectivity index is 2.21. The highest BCUT2D eigenvalue weighted by Crippen LogP contribution is 2.34. The van der Waals surface area contributed by atoms with Gasteiger partial charge in [0, 0.05) is 34.0 Å². The normalized spacial score (nSPS) is 22.8. The van der Waals surface area contributed by atoms with E-state index in [-0.39, 0.29) is 11.7 Å². The third-order valence-corrected chi connectivity index (χ3v) is 4.70. The number of nitrogens with one attached hydrogen (secondary N) is 1. The second-order valence-corrected chi connectivity index (χ2v) is 6.53. The minimum atomic E-state index is -4.72. The van der Waals surface area contributed by atoms with Gasteiger partial charge in [0.05, 0.1) is 11.1 Å². The number of carboxylic acids is 1. The van der Waals surface area contributed by atoms with Crippen LogP contribution in [0, 0.1) is 0 Å². The molecule has 0 unspecified atom stereocenters. The fourth-order valence-corrected chi connectivity index (χ4v) is 3.53. The summed E-state index contributed by atoms with van der Waals surface area (Å²) in [6.45, 7) is 0. The van der Waals surface area contributed by atoms with Crippen LogP contribution in [0.25, 0.3) is 0 Å². The summed E-state index contributed by atoms with van der Waals surface area (Å²) >= 11 is 0. The number of anilines is 1. The molecule has 21 heavy (non-hydrogen) atoms. The van der Waals surface area contributed by atoms with Crippen molar-refractivity contribution in [2.75, 3.05) is 16.8 Å². The molecule has 0 saturated carbocycles. The fourth-order valence-electron chi connectivity index (χ4n) is 2.23. The minimum Gasteiger partial charge on any atom is -0.478 e. The number of alkyl halides is 3. The molecule has 1 aliphatic rings. The van der Waals surface area contributed by atoms with Gasteiger partial charge >= 0.3 is 12.1 Å². The van der Waals surface area contributed by atoms with Crippen molar-refractivity contribution in [2.24, 2.45) is 0 Å². The van der Waals surface area contributed by atoms with Crippen LogP contribution in [0.1, 0.15) is 28.8 Å². The molecular weight excluding hydrogens is 307 g/mol. The van der Waals surface area contributed by atoms with Crippen LogP contribution in [0.15, 0.2) is 18.2 Å². The summed E-state index contributed by atoms with van der Waals surface area (Å²) in [4.78, 5) is 10.9. The molecule has 0 aromatic heterocycles. The molecule has 0 radical (unpaired) electrons. The van der Waals surface area contributed by atoms with Crippen molar-refractivity contribution in [3.63, 3.8) is 0 Å². The summed E-state index contributed by atoms with van der Waals surface area (Å²) < 4.78 is 49.9. The molecule has 116 valence electrons. The van der Waals surface area contributed by atoms with Gasteiger partial charge in [0.25, 0.3) is 0 Å². The van der Waals surface area contributed by atoms with Crippen molar-refractivity contribution >= 4 is 22.5 Å². The fraction of sp³-hybridized carbons (Fsp3) is 0.462. The Labute approximate surface area is 121 Å². The second kappa shape index (κ2) is 6.05. The average Bonchev–Trinajstić information content (AvgIpc) is 2.40. The quantitative estimate of drug-likeness (QED) is 0.898. The first-order chi connectivity index (χ1) is 9.77. The van der Waals surface area contributed by atoms with Crippen molar-refractivity contribution in [2.45, 2.75) is 25.1 Å². The molecule has 1 aromatic carbocycles. The van der Waals surface area contributed by atoms with Crippen molar-refractivity contribution in [3.8, 4) is 0 Å². The van der Waals surface area contributed by atoms with Gasteiger partial charge < -0.3 is 10.4 Å². The molecule has 8 heteroatoms. The SMILES string of the molecule is O=C(O)c1ccc(NC2CCS(=O)CC2)cc1C(F)(F)F. The van der Waals surface area contributed by atoms with Crippen molar-refractivity contribution in [1.29, 1.82) is 0 Å². The summed E-state index contributed by atoms with van der Waals surface area (Å²) in [7, 11) is -0.845. The Kier molecular flexibility index (Phi) is 4.55. The predicted molar refractivity (Wildman–Crippen MR) is 72.9 cm³/mol. The van der Waals surface area contributed by atoms with Crippen LogP contribution in [0.3, 0.4) is 0 Å². The van der Waals surface area contributed by atoms with Crippen molar-refractivity contribution in [3.05, 3.63) is 29.3 Å². The highest BCUT2D eigenvalue weighted by atomic mass is 32.2. The molecule has 1 heterocycles. The van der Waals surface area contributed by atoms with Gasteiger partial charge in [-0.15, -0.1) is 0 Å². The highest BCUT2D eigenvalue weighted by molar-refractivity contribution is 7.85. The molecule has 1 aromatic rings. The molecule has 0 bridgehead atoms. The van der Waals surface area contributed by atoms with E-state index >= 15 is 0 Å². The summed E-state index contributed by atoms with van der Waals surface area (Å²) in [5, 5.41) is 11.8. The molecule has 1 fully saturated rings. The number of hydrogen-bond acceptors (Lipinski definition) is 3. The van der Waals surface area contributed by atoms with Crippen LogP contribution in [0.5, 0.6) is 0 Å². The van der Waals surface area contributed by atoms with E-state index in [0.717, 1.165) is 12.1 Å². The molecule has 0 aliphatic carbocycles. The average molecular weight is 321 g/mol. The number of hydrogen-bond donors (Lipinski definition) is 2. The molecular formula is C13H14F3NO3S. The maximum Gasteiger partial charge on any atom is 0.417 e. The van der Waals surface area contributed by atoms with Crippen molar-refractivity contribution in [1.82, 2.24) is 0 Å². The van der Waals surface area contributed by atoms with E-state index in [0.29, 0.717) is 24.3 Å². The second-order valence-electron chi connectivity index (χ2n) is 4.83. The first kappa shape index (κ1) is 15.8. The van der Waals surface area contributed by atoms with Gasteiger partial charge in [0.1, 0.15) is 0 Å². The number of rotatable bonds is 3. The molecule has 1 aliphatic heterocycles. The Bertz CT molecular complexity index is 564. The van der Waals surface area contributed by atoms with Crippen LogP contribution in [-0.2, 0) is 17.0 Å². The maximum absolute atomic E-state index is 12.9. The lowest BCUT2D eigenvalue weighted by atomic mass is 10.0. The zero-order valence-corrected chi connectivity index (χ0v) is 11.8. The van der Waals surface area contributed by atoms with Gasteiger partial charge in [-0.05, 0) is 31.0 Å². The molecule has 0 amide bonds. The number of carboxylic acid groups (broad SMARTS) is 1. The third kappa shape index (κ3) is 3.96. The van der Waals surface area contributed by atoms with E-state index in [4.69, 9.17) is 5.11 Å². The Morgan fingerprint density at radius 2 is 1.90 bits per heavy atom. The van der Waals surface area contributed by atoms with Gasteiger partial charge in [0.2, 0.25) is 0 Å². The Hall–Kier alpha value is -1.57. The molecule has 0 spiro atoms. The summed E-state index contributed by atoms with van der Waals surface area (Å²) in [6, 6.07) is 3.05. The highest BCUT2D eigenvalue weighted by Gasteiger charge is 2.35. The molecule has 2 rings (SSSR count). The molecule has 4 nitrogen and oxygen atoms in total. The van der Waals surface area contributed by atoms with Gasteiger partial charge in [-0.1, -0.05) is 0 Å². The van der Waals surface area contributed by atoms with E-state index in [1.54, 1.807) is 0 Å². The van der Waals surface area contributed by atoms with E-state index in [9.17, 15) is 22.2 Å². The summed E-state index contributed by atoms with van der Waals surface area (Å²) in [5.41, 5.74) is -1.71. The van der Waals surface area contributed by atoms with Crippen LogP contribution in [0.4, 0.5) is 18.9 Å². The van der Waals surface area contributed by atoms with E-state index in [1.807, 2.05) is 0 Å². The zero-order valence-electron chi connectivity index (χ0n) is 10.9. The standard InChI is InChI=1S/C13H14F3NO3S/c14-13(15,16)11-7-9(1-2-10(11)12(18)19)17-8-3-5-21(20)6-4-8/h1-2,7-8,17H,3-6H2,(H,18,19). The van der Waals surface area contributed by atoms with Gasteiger partial charge in [-0.25, -0.2) is 4.79 Å².